The lowest BCUT2D eigenvalue weighted by molar-refractivity contribution is -0.143. The first-order chi connectivity index (χ1) is 7.29. The predicted octanol–water partition coefficient (Wildman–Crippen LogP) is 1.65. The molecule has 4 nitrogen and oxygen atoms in total. The third-order valence-corrected chi connectivity index (χ3v) is 3.61. The molecular weight excluding hydrogens is 206 g/mol. The Balaban J connectivity index is 2.56. The SMILES string of the molecule is CCC(C)[C@H](NC(=O)C1CC1(C)C)C(=O)O. The summed E-state index contributed by atoms with van der Waals surface area (Å²) in [6.45, 7) is 7.82. The summed E-state index contributed by atoms with van der Waals surface area (Å²) in [7, 11) is 0. The summed E-state index contributed by atoms with van der Waals surface area (Å²) < 4.78 is 0. The third kappa shape index (κ3) is 2.74. The molecule has 3 atom stereocenters. The molecule has 0 spiro atoms. The number of carboxylic acid groups (broad SMARTS) is 1. The van der Waals surface area contributed by atoms with Crippen LogP contribution in [0, 0.1) is 17.3 Å². The van der Waals surface area contributed by atoms with Gasteiger partial charge in [-0.25, -0.2) is 4.79 Å². The van der Waals surface area contributed by atoms with Gasteiger partial charge >= 0.3 is 5.97 Å². The van der Waals surface area contributed by atoms with Gasteiger partial charge in [-0.2, -0.15) is 0 Å². The molecule has 2 unspecified atom stereocenters. The lowest BCUT2D eigenvalue weighted by Gasteiger charge is -2.20. The fourth-order valence-corrected chi connectivity index (χ4v) is 1.85. The van der Waals surface area contributed by atoms with Crippen LogP contribution < -0.4 is 5.32 Å². The monoisotopic (exact) mass is 227 g/mol. The molecule has 1 amide bonds. The summed E-state index contributed by atoms with van der Waals surface area (Å²) in [4.78, 5) is 22.8. The van der Waals surface area contributed by atoms with Crippen molar-refractivity contribution in [2.75, 3.05) is 0 Å². The van der Waals surface area contributed by atoms with Crippen LogP contribution >= 0.6 is 0 Å². The lowest BCUT2D eigenvalue weighted by Crippen LogP contribution is -2.46. The lowest BCUT2D eigenvalue weighted by atomic mass is 9.99. The molecule has 0 bridgehead atoms. The first-order valence-electron chi connectivity index (χ1n) is 5.82. The molecule has 1 fully saturated rings. The van der Waals surface area contributed by atoms with E-state index in [1.54, 1.807) is 0 Å². The molecule has 0 aromatic carbocycles. The molecule has 2 N–H and O–H groups in total. The highest BCUT2D eigenvalue weighted by atomic mass is 16.4. The average Bonchev–Trinajstić information content (AvgIpc) is 2.82. The predicted molar refractivity (Wildman–Crippen MR) is 60.9 cm³/mol. The van der Waals surface area contributed by atoms with E-state index in [4.69, 9.17) is 5.11 Å². The van der Waals surface area contributed by atoms with Crippen molar-refractivity contribution < 1.29 is 14.7 Å². The molecule has 92 valence electrons. The van der Waals surface area contributed by atoms with E-state index in [9.17, 15) is 9.59 Å². The van der Waals surface area contributed by atoms with Gasteiger partial charge in [0.05, 0.1) is 0 Å². The van der Waals surface area contributed by atoms with E-state index in [2.05, 4.69) is 5.32 Å². The summed E-state index contributed by atoms with van der Waals surface area (Å²) >= 11 is 0. The van der Waals surface area contributed by atoms with Crippen molar-refractivity contribution in [2.24, 2.45) is 17.3 Å². The van der Waals surface area contributed by atoms with E-state index in [-0.39, 0.29) is 23.2 Å². The molecule has 0 aromatic heterocycles. The van der Waals surface area contributed by atoms with Crippen LogP contribution in [-0.2, 0) is 9.59 Å². The topological polar surface area (TPSA) is 66.4 Å². The number of hydrogen-bond acceptors (Lipinski definition) is 2. The normalized spacial score (nSPS) is 25.6. The minimum atomic E-state index is -0.943. The second kappa shape index (κ2) is 4.44. The van der Waals surface area contributed by atoms with Gasteiger partial charge in [0, 0.05) is 5.92 Å². The number of carbonyl (C=O) groups is 2. The van der Waals surface area contributed by atoms with Crippen molar-refractivity contribution in [3.63, 3.8) is 0 Å². The quantitative estimate of drug-likeness (QED) is 0.750. The van der Waals surface area contributed by atoms with Gasteiger partial charge in [-0.15, -0.1) is 0 Å². The fraction of sp³-hybridized carbons (Fsp3) is 0.833. The highest BCUT2D eigenvalue weighted by Gasteiger charge is 2.51. The molecule has 16 heavy (non-hydrogen) atoms. The number of carbonyl (C=O) groups excluding carboxylic acids is 1. The van der Waals surface area contributed by atoms with Crippen LogP contribution in [0.1, 0.15) is 40.5 Å². The zero-order chi connectivity index (χ0) is 12.5. The number of aliphatic carboxylic acids is 1. The summed E-state index contributed by atoms with van der Waals surface area (Å²) in [6.07, 6.45) is 1.59. The van der Waals surface area contributed by atoms with Crippen LogP contribution in [0.25, 0.3) is 0 Å². The Bertz CT molecular complexity index is 299. The summed E-state index contributed by atoms with van der Waals surface area (Å²) in [6, 6.07) is -0.756. The minimum Gasteiger partial charge on any atom is -0.480 e. The summed E-state index contributed by atoms with van der Waals surface area (Å²) in [5, 5.41) is 11.7. The molecule has 0 heterocycles. The van der Waals surface area contributed by atoms with Gasteiger partial charge in [-0.05, 0) is 17.8 Å². The maximum absolute atomic E-state index is 11.8. The molecule has 1 saturated carbocycles. The Labute approximate surface area is 96.4 Å². The molecule has 1 aliphatic carbocycles. The molecule has 4 heteroatoms. The smallest absolute Gasteiger partial charge is 0.326 e. The van der Waals surface area contributed by atoms with Crippen LogP contribution in [0.2, 0.25) is 0 Å². The van der Waals surface area contributed by atoms with Crippen molar-refractivity contribution in [3.8, 4) is 0 Å². The van der Waals surface area contributed by atoms with Crippen molar-refractivity contribution in [1.82, 2.24) is 5.32 Å². The van der Waals surface area contributed by atoms with Gasteiger partial charge in [0.2, 0.25) is 5.91 Å². The standard InChI is InChI=1S/C12H21NO3/c1-5-7(2)9(11(15)16)13-10(14)8-6-12(8,3)4/h7-9H,5-6H2,1-4H3,(H,13,14)(H,15,16)/t7?,8?,9-/m0/s1. The molecule has 1 aliphatic rings. The Kier molecular flexibility index (Phi) is 3.61. The second-order valence-electron chi connectivity index (χ2n) is 5.46. The number of nitrogens with one attached hydrogen (secondary N) is 1. The number of amides is 1. The second-order valence-corrected chi connectivity index (χ2v) is 5.46. The van der Waals surface area contributed by atoms with Crippen molar-refractivity contribution in [1.29, 1.82) is 0 Å². The molecule has 0 radical (unpaired) electrons. The molecule has 0 saturated heterocycles. The van der Waals surface area contributed by atoms with Crippen molar-refractivity contribution in [2.45, 2.75) is 46.6 Å². The number of carboxylic acids is 1. The Hall–Kier alpha value is -1.06. The van der Waals surface area contributed by atoms with Gasteiger partial charge in [-0.1, -0.05) is 34.1 Å². The van der Waals surface area contributed by atoms with E-state index in [1.807, 2.05) is 27.7 Å². The first-order valence-corrected chi connectivity index (χ1v) is 5.82. The largest absolute Gasteiger partial charge is 0.480 e. The minimum absolute atomic E-state index is 0.0154. The van der Waals surface area contributed by atoms with Crippen LogP contribution in [0.5, 0.6) is 0 Å². The zero-order valence-corrected chi connectivity index (χ0v) is 10.4. The van der Waals surface area contributed by atoms with E-state index in [0.717, 1.165) is 12.8 Å². The van der Waals surface area contributed by atoms with Gasteiger partial charge in [-0.3, -0.25) is 4.79 Å². The maximum atomic E-state index is 11.8. The summed E-state index contributed by atoms with van der Waals surface area (Å²) in [5.41, 5.74) is 0.0442. The highest BCUT2D eigenvalue weighted by Crippen LogP contribution is 2.51. The van der Waals surface area contributed by atoms with Gasteiger partial charge in [0.25, 0.3) is 0 Å². The maximum Gasteiger partial charge on any atom is 0.326 e. The molecular formula is C12H21NO3. The van der Waals surface area contributed by atoms with E-state index in [0.29, 0.717) is 0 Å². The van der Waals surface area contributed by atoms with E-state index < -0.39 is 12.0 Å². The third-order valence-electron chi connectivity index (χ3n) is 3.61. The molecule has 0 aliphatic heterocycles. The van der Waals surface area contributed by atoms with Crippen LogP contribution in [0.3, 0.4) is 0 Å². The number of rotatable bonds is 5. The number of hydrogen-bond donors (Lipinski definition) is 2. The van der Waals surface area contributed by atoms with Crippen LogP contribution in [-0.4, -0.2) is 23.0 Å². The Morgan fingerprint density at radius 2 is 2.00 bits per heavy atom. The Morgan fingerprint density at radius 1 is 1.50 bits per heavy atom. The zero-order valence-electron chi connectivity index (χ0n) is 10.4. The van der Waals surface area contributed by atoms with E-state index in [1.165, 1.54) is 0 Å². The van der Waals surface area contributed by atoms with Gasteiger partial charge < -0.3 is 10.4 Å². The highest BCUT2D eigenvalue weighted by molar-refractivity contribution is 5.87. The van der Waals surface area contributed by atoms with Crippen molar-refractivity contribution >= 4 is 11.9 Å². The van der Waals surface area contributed by atoms with Crippen LogP contribution in [0.4, 0.5) is 0 Å². The fourth-order valence-electron chi connectivity index (χ4n) is 1.85. The van der Waals surface area contributed by atoms with E-state index >= 15 is 0 Å². The Morgan fingerprint density at radius 3 is 2.31 bits per heavy atom. The van der Waals surface area contributed by atoms with Gasteiger partial charge in [0.15, 0.2) is 0 Å². The van der Waals surface area contributed by atoms with Gasteiger partial charge in [0.1, 0.15) is 6.04 Å². The molecule has 1 rings (SSSR count). The van der Waals surface area contributed by atoms with Crippen molar-refractivity contribution in [3.05, 3.63) is 0 Å². The summed E-state index contributed by atoms with van der Waals surface area (Å²) in [5.74, 6) is -1.11. The van der Waals surface area contributed by atoms with Crippen LogP contribution in [0.15, 0.2) is 0 Å². The first kappa shape index (κ1) is 13.0. The average molecular weight is 227 g/mol. The molecule has 0 aromatic rings.